The highest BCUT2D eigenvalue weighted by Crippen LogP contribution is 2.38. The molecule has 0 radical (unpaired) electrons. The number of benzene rings is 1. The normalized spacial score (nSPS) is 12.7. The van der Waals surface area contributed by atoms with Gasteiger partial charge in [-0.3, -0.25) is 0 Å². The molecule has 1 unspecified atom stereocenters. The predicted molar refractivity (Wildman–Crippen MR) is 75.7 cm³/mol. The quantitative estimate of drug-likeness (QED) is 0.583. The minimum absolute atomic E-state index is 0.289. The molecule has 18 heavy (non-hydrogen) atoms. The fourth-order valence-corrected chi connectivity index (χ4v) is 3.59. The molecule has 0 fully saturated rings. The Morgan fingerprint density at radius 3 is 2.56 bits per heavy atom. The lowest BCUT2D eigenvalue weighted by Crippen LogP contribution is -1.97. The van der Waals surface area contributed by atoms with E-state index in [4.69, 9.17) is 23.2 Å². The van der Waals surface area contributed by atoms with Gasteiger partial charge in [0.05, 0.1) is 14.2 Å². The van der Waals surface area contributed by atoms with Gasteiger partial charge in [-0.1, -0.05) is 17.7 Å². The molecule has 2 rings (SSSR count). The third kappa shape index (κ3) is 3.23. The van der Waals surface area contributed by atoms with E-state index in [9.17, 15) is 8.78 Å². The first-order valence-electron chi connectivity index (χ1n) is 5.00. The zero-order valence-corrected chi connectivity index (χ0v) is 12.8. The van der Waals surface area contributed by atoms with Crippen molar-refractivity contribution in [2.24, 2.45) is 0 Å². The third-order valence-corrected chi connectivity index (χ3v) is 5.49. The van der Waals surface area contributed by atoms with E-state index >= 15 is 0 Å². The lowest BCUT2D eigenvalue weighted by molar-refractivity contribution is 0.571. The van der Waals surface area contributed by atoms with Crippen molar-refractivity contribution in [3.63, 3.8) is 0 Å². The monoisotopic (exact) mass is 370 g/mol. The van der Waals surface area contributed by atoms with Crippen LogP contribution in [0.15, 0.2) is 28.1 Å². The molecule has 0 spiro atoms. The summed E-state index contributed by atoms with van der Waals surface area (Å²) in [7, 11) is 0. The molecule has 2 aromatic rings. The van der Waals surface area contributed by atoms with Crippen LogP contribution < -0.4 is 0 Å². The summed E-state index contributed by atoms with van der Waals surface area (Å²) >= 11 is 16.8. The second-order valence-electron chi connectivity index (χ2n) is 3.68. The van der Waals surface area contributed by atoms with Crippen LogP contribution >= 0.6 is 50.5 Å². The summed E-state index contributed by atoms with van der Waals surface area (Å²) in [6, 6.07) is 5.23. The molecule has 0 saturated heterocycles. The van der Waals surface area contributed by atoms with E-state index in [1.807, 2.05) is 0 Å². The van der Waals surface area contributed by atoms with Crippen molar-refractivity contribution in [2.45, 2.75) is 11.8 Å². The molecular formula is C12H7BrCl2F2S. The maximum atomic E-state index is 13.5. The van der Waals surface area contributed by atoms with Gasteiger partial charge < -0.3 is 0 Å². The number of hydrogen-bond acceptors (Lipinski definition) is 1. The van der Waals surface area contributed by atoms with E-state index in [1.165, 1.54) is 23.5 Å². The number of thiophene rings is 1. The van der Waals surface area contributed by atoms with Gasteiger partial charge in [0.15, 0.2) is 0 Å². The van der Waals surface area contributed by atoms with Gasteiger partial charge in [-0.25, -0.2) is 8.78 Å². The van der Waals surface area contributed by atoms with Gasteiger partial charge in [-0.15, -0.1) is 22.9 Å². The average molecular weight is 372 g/mol. The number of alkyl halides is 1. The summed E-state index contributed by atoms with van der Waals surface area (Å²) in [5, 5.41) is 0.194. The lowest BCUT2D eigenvalue weighted by Gasteiger charge is -2.08. The molecule has 0 amide bonds. The van der Waals surface area contributed by atoms with Crippen molar-refractivity contribution in [1.29, 1.82) is 0 Å². The zero-order valence-electron chi connectivity index (χ0n) is 8.89. The Morgan fingerprint density at radius 2 is 2.00 bits per heavy atom. The molecule has 96 valence electrons. The molecule has 1 heterocycles. The Kier molecular flexibility index (Phi) is 4.64. The van der Waals surface area contributed by atoms with Crippen LogP contribution in [0.3, 0.4) is 0 Å². The molecule has 6 heteroatoms. The molecule has 1 aromatic heterocycles. The number of halogens is 5. The second-order valence-corrected chi connectivity index (χ2v) is 7.01. The maximum Gasteiger partial charge on any atom is 0.129 e. The largest absolute Gasteiger partial charge is 0.207 e. The Hall–Kier alpha value is -0.160. The number of hydrogen-bond donors (Lipinski definition) is 0. The van der Waals surface area contributed by atoms with Gasteiger partial charge in [0.2, 0.25) is 0 Å². The summed E-state index contributed by atoms with van der Waals surface area (Å²) in [6.07, 6.45) is 0.289. The fourth-order valence-electron chi connectivity index (χ4n) is 1.50. The van der Waals surface area contributed by atoms with Crippen LogP contribution in [0.25, 0.3) is 0 Å². The lowest BCUT2D eigenvalue weighted by atomic mass is 10.1. The van der Waals surface area contributed by atoms with Crippen molar-refractivity contribution in [2.75, 3.05) is 0 Å². The van der Waals surface area contributed by atoms with Crippen LogP contribution in [0, 0.1) is 11.6 Å². The average Bonchev–Trinajstić information content (AvgIpc) is 2.63. The second kappa shape index (κ2) is 5.87. The summed E-state index contributed by atoms with van der Waals surface area (Å²) in [5.74, 6) is -1.17. The maximum absolute atomic E-state index is 13.5. The van der Waals surface area contributed by atoms with Crippen molar-refractivity contribution < 1.29 is 8.78 Å². The molecule has 0 nitrogen and oxygen atoms in total. The van der Waals surface area contributed by atoms with Crippen LogP contribution in [0.1, 0.15) is 15.8 Å². The molecule has 1 atom stereocenters. The van der Waals surface area contributed by atoms with Crippen molar-refractivity contribution >= 4 is 50.5 Å². The molecule has 0 saturated carbocycles. The molecular weight excluding hydrogens is 365 g/mol. The van der Waals surface area contributed by atoms with Gasteiger partial charge in [0, 0.05) is 10.9 Å². The van der Waals surface area contributed by atoms with Crippen LogP contribution in [0.2, 0.25) is 5.02 Å². The van der Waals surface area contributed by atoms with E-state index in [-0.39, 0.29) is 6.42 Å². The first-order valence-corrected chi connectivity index (χ1v) is 7.42. The first kappa shape index (κ1) is 14.3. The molecule has 1 aromatic carbocycles. The molecule has 0 N–H and O–H groups in total. The van der Waals surface area contributed by atoms with E-state index in [1.54, 1.807) is 6.07 Å². The van der Waals surface area contributed by atoms with Gasteiger partial charge in [-0.2, -0.15) is 0 Å². The van der Waals surface area contributed by atoms with Crippen molar-refractivity contribution in [3.05, 3.63) is 55.1 Å². The summed E-state index contributed by atoms with van der Waals surface area (Å²) in [4.78, 5) is 0.845. The van der Waals surface area contributed by atoms with Crippen LogP contribution in [-0.4, -0.2) is 0 Å². The first-order chi connectivity index (χ1) is 8.47. The molecule has 0 aliphatic carbocycles. The van der Waals surface area contributed by atoms with Crippen molar-refractivity contribution in [1.82, 2.24) is 0 Å². The van der Waals surface area contributed by atoms with E-state index in [0.717, 1.165) is 14.7 Å². The summed E-state index contributed by atoms with van der Waals surface area (Å²) < 4.78 is 27.0. The smallest absolute Gasteiger partial charge is 0.129 e. The Labute approximate surface area is 126 Å². The standard InChI is InChI=1S/C12H7BrCl2F2S/c13-12-9(15)5-11(18-12)8(14)3-6-1-2-7(16)4-10(6)17/h1-2,4-5,8H,3H2. The Morgan fingerprint density at radius 1 is 1.28 bits per heavy atom. The molecule has 0 bridgehead atoms. The van der Waals surface area contributed by atoms with Crippen molar-refractivity contribution in [3.8, 4) is 0 Å². The minimum Gasteiger partial charge on any atom is -0.207 e. The topological polar surface area (TPSA) is 0 Å². The van der Waals surface area contributed by atoms with Gasteiger partial charge >= 0.3 is 0 Å². The third-order valence-electron chi connectivity index (χ3n) is 2.39. The highest BCUT2D eigenvalue weighted by molar-refractivity contribution is 9.11. The van der Waals surface area contributed by atoms with E-state index in [2.05, 4.69) is 15.9 Å². The van der Waals surface area contributed by atoms with Gasteiger partial charge in [0.1, 0.15) is 11.6 Å². The highest BCUT2D eigenvalue weighted by Gasteiger charge is 2.16. The summed E-state index contributed by atoms with van der Waals surface area (Å²) in [6.45, 7) is 0. The highest BCUT2D eigenvalue weighted by atomic mass is 79.9. The number of rotatable bonds is 3. The van der Waals surface area contributed by atoms with Gasteiger partial charge in [-0.05, 0) is 40.0 Å². The zero-order chi connectivity index (χ0) is 13.3. The minimum atomic E-state index is -0.593. The Balaban J connectivity index is 2.18. The summed E-state index contributed by atoms with van der Waals surface area (Å²) in [5.41, 5.74) is 0.386. The van der Waals surface area contributed by atoms with Crippen LogP contribution in [0.5, 0.6) is 0 Å². The van der Waals surface area contributed by atoms with E-state index < -0.39 is 17.0 Å². The fraction of sp³-hybridized carbons (Fsp3) is 0.167. The van der Waals surface area contributed by atoms with Gasteiger partial charge in [0.25, 0.3) is 0 Å². The Bertz CT molecular complexity index is 552. The van der Waals surface area contributed by atoms with E-state index in [0.29, 0.717) is 10.6 Å². The van der Waals surface area contributed by atoms with Crippen LogP contribution in [-0.2, 0) is 6.42 Å². The molecule has 0 aliphatic heterocycles. The van der Waals surface area contributed by atoms with Crippen LogP contribution in [0.4, 0.5) is 8.78 Å². The SMILES string of the molecule is Fc1ccc(CC(Cl)c2cc(Cl)c(Br)s2)c(F)c1. The molecule has 0 aliphatic rings. The predicted octanol–water partition coefficient (Wildman–Crippen LogP) is 5.96.